The first kappa shape index (κ1) is 15.5. The molecule has 0 saturated carbocycles. The zero-order valence-electron chi connectivity index (χ0n) is 11.6. The first-order chi connectivity index (χ1) is 8.93. The lowest BCUT2D eigenvalue weighted by molar-refractivity contribution is -0.146. The highest BCUT2D eigenvalue weighted by atomic mass is 32.2. The molecule has 0 fully saturated rings. The summed E-state index contributed by atoms with van der Waals surface area (Å²) in [6, 6.07) is 7.63. The molecule has 0 aliphatic heterocycles. The summed E-state index contributed by atoms with van der Waals surface area (Å²) < 4.78 is 10.7. The van der Waals surface area contributed by atoms with Crippen LogP contribution in [0.4, 0.5) is 0 Å². The second-order valence-electron chi connectivity index (χ2n) is 4.28. The largest absolute Gasteiger partial charge is 0.481 e. The van der Waals surface area contributed by atoms with E-state index in [4.69, 9.17) is 9.47 Å². The van der Waals surface area contributed by atoms with Crippen LogP contribution in [0.15, 0.2) is 29.2 Å². The van der Waals surface area contributed by atoms with E-state index in [2.05, 4.69) is 11.8 Å². The quantitative estimate of drug-likeness (QED) is 0.357. The van der Waals surface area contributed by atoms with Gasteiger partial charge in [0, 0.05) is 11.8 Å². The van der Waals surface area contributed by atoms with Gasteiger partial charge >= 0.3 is 5.97 Å². The van der Waals surface area contributed by atoms with Gasteiger partial charge in [-0.25, -0.2) is 0 Å². The molecule has 0 radical (unpaired) electrons. The van der Waals surface area contributed by atoms with Crippen molar-refractivity contribution in [2.75, 3.05) is 6.61 Å². The van der Waals surface area contributed by atoms with Crippen LogP contribution in [0.25, 0.3) is 0 Å². The number of benzene rings is 1. The summed E-state index contributed by atoms with van der Waals surface area (Å²) >= 11 is 1.48. The third-order valence-corrected chi connectivity index (χ3v) is 3.15. The fourth-order valence-electron chi connectivity index (χ4n) is 1.45. The summed E-state index contributed by atoms with van der Waals surface area (Å²) in [4.78, 5) is 11.4. The molecule has 0 atom stereocenters. The van der Waals surface area contributed by atoms with Crippen molar-refractivity contribution in [3.05, 3.63) is 24.3 Å². The highest BCUT2D eigenvalue weighted by Crippen LogP contribution is 2.34. The molecule has 19 heavy (non-hydrogen) atoms. The number of rotatable bonds is 5. The third kappa shape index (κ3) is 6.21. The number of carbonyl (C=O) groups is 1. The molecule has 0 unspecified atom stereocenters. The lowest BCUT2D eigenvalue weighted by atomic mass is 10.3. The Labute approximate surface area is 118 Å². The predicted molar refractivity (Wildman–Crippen MR) is 77.1 cm³/mol. The molecule has 0 spiro atoms. The van der Waals surface area contributed by atoms with Crippen LogP contribution in [-0.4, -0.2) is 17.5 Å². The van der Waals surface area contributed by atoms with Gasteiger partial charge in [0.25, 0.3) is 0 Å². The van der Waals surface area contributed by atoms with Gasteiger partial charge in [-0.3, -0.25) is 4.79 Å². The average molecular weight is 278 g/mol. The smallest absolute Gasteiger partial charge is 0.304 e. The van der Waals surface area contributed by atoms with Gasteiger partial charge < -0.3 is 9.47 Å². The molecule has 0 saturated heterocycles. The van der Waals surface area contributed by atoms with E-state index in [-0.39, 0.29) is 5.97 Å². The van der Waals surface area contributed by atoms with Gasteiger partial charge in [0.2, 0.25) is 0 Å². The van der Waals surface area contributed by atoms with Crippen molar-refractivity contribution in [1.29, 1.82) is 0 Å². The summed E-state index contributed by atoms with van der Waals surface area (Å²) in [7, 11) is 0. The SMILES string of the molecule is CC#CCOc1ccc(SC(C)(C)OC(C)=O)cc1. The first-order valence-electron chi connectivity index (χ1n) is 5.94. The van der Waals surface area contributed by atoms with Crippen molar-refractivity contribution >= 4 is 17.7 Å². The fraction of sp³-hybridized carbons (Fsp3) is 0.400. The average Bonchev–Trinajstić information content (AvgIpc) is 2.29. The number of esters is 1. The zero-order chi connectivity index (χ0) is 14.3. The van der Waals surface area contributed by atoms with E-state index in [1.54, 1.807) is 6.92 Å². The molecule has 0 aromatic heterocycles. The predicted octanol–water partition coefficient (Wildman–Crippen LogP) is 3.48. The van der Waals surface area contributed by atoms with E-state index in [1.807, 2.05) is 38.1 Å². The minimum absolute atomic E-state index is 0.282. The molecule has 102 valence electrons. The van der Waals surface area contributed by atoms with Crippen LogP contribution in [0.2, 0.25) is 0 Å². The van der Waals surface area contributed by atoms with Crippen LogP contribution in [-0.2, 0) is 9.53 Å². The van der Waals surface area contributed by atoms with Gasteiger partial charge in [-0.1, -0.05) is 17.7 Å². The van der Waals surface area contributed by atoms with Crippen LogP contribution in [0.3, 0.4) is 0 Å². The van der Waals surface area contributed by atoms with Crippen molar-refractivity contribution in [2.24, 2.45) is 0 Å². The molecule has 0 heterocycles. The summed E-state index contributed by atoms with van der Waals surface area (Å²) in [5.41, 5.74) is 0. The van der Waals surface area contributed by atoms with Gasteiger partial charge in [0.05, 0.1) is 0 Å². The Morgan fingerprint density at radius 1 is 1.32 bits per heavy atom. The van der Waals surface area contributed by atoms with E-state index in [0.717, 1.165) is 10.6 Å². The molecule has 3 nitrogen and oxygen atoms in total. The van der Waals surface area contributed by atoms with E-state index < -0.39 is 4.93 Å². The minimum atomic E-state index is -0.581. The minimum Gasteiger partial charge on any atom is -0.481 e. The molecule has 1 rings (SSSR count). The molecule has 1 aromatic rings. The molecule has 0 amide bonds. The normalized spacial score (nSPS) is 10.3. The topological polar surface area (TPSA) is 35.5 Å². The number of ether oxygens (including phenoxy) is 2. The lowest BCUT2D eigenvalue weighted by Gasteiger charge is -2.23. The van der Waals surface area contributed by atoms with Crippen LogP contribution >= 0.6 is 11.8 Å². The third-order valence-electron chi connectivity index (χ3n) is 2.06. The van der Waals surface area contributed by atoms with E-state index in [0.29, 0.717) is 6.61 Å². The van der Waals surface area contributed by atoms with Crippen LogP contribution in [0.1, 0.15) is 27.7 Å². The monoisotopic (exact) mass is 278 g/mol. The van der Waals surface area contributed by atoms with Gasteiger partial charge in [0.15, 0.2) is 4.93 Å². The Hall–Kier alpha value is -1.60. The molecule has 0 N–H and O–H groups in total. The van der Waals surface area contributed by atoms with Crippen molar-refractivity contribution in [2.45, 2.75) is 37.5 Å². The molecule has 0 bridgehead atoms. The van der Waals surface area contributed by atoms with Gasteiger partial charge in [0.1, 0.15) is 12.4 Å². The van der Waals surface area contributed by atoms with E-state index in [9.17, 15) is 4.79 Å². The Bertz CT molecular complexity index is 480. The standard InChI is InChI=1S/C15H18O3S/c1-5-6-11-17-13-7-9-14(10-8-13)19-15(3,4)18-12(2)16/h7-10H,11H2,1-4H3. The highest BCUT2D eigenvalue weighted by Gasteiger charge is 2.22. The second-order valence-corrected chi connectivity index (χ2v) is 5.94. The van der Waals surface area contributed by atoms with Crippen LogP contribution in [0.5, 0.6) is 5.75 Å². The summed E-state index contributed by atoms with van der Waals surface area (Å²) in [6.07, 6.45) is 0. The highest BCUT2D eigenvalue weighted by molar-refractivity contribution is 8.00. The molecular formula is C15H18O3S. The maximum absolute atomic E-state index is 11.0. The molecule has 1 aromatic carbocycles. The summed E-state index contributed by atoms with van der Waals surface area (Å²) in [5, 5.41) is 0. The van der Waals surface area contributed by atoms with Crippen LogP contribution in [0, 0.1) is 11.8 Å². The van der Waals surface area contributed by atoms with E-state index in [1.165, 1.54) is 18.7 Å². The number of carbonyl (C=O) groups excluding carboxylic acids is 1. The Morgan fingerprint density at radius 3 is 2.47 bits per heavy atom. The Kier molecular flexibility index (Phi) is 5.78. The first-order valence-corrected chi connectivity index (χ1v) is 6.75. The molecule has 0 aliphatic rings. The molecule has 0 aliphatic carbocycles. The number of hydrogen-bond acceptors (Lipinski definition) is 4. The number of hydrogen-bond donors (Lipinski definition) is 0. The zero-order valence-corrected chi connectivity index (χ0v) is 12.5. The second kappa shape index (κ2) is 7.10. The summed E-state index contributed by atoms with van der Waals surface area (Å²) in [5.74, 6) is 6.10. The summed E-state index contributed by atoms with van der Waals surface area (Å²) in [6.45, 7) is 7.30. The maximum Gasteiger partial charge on any atom is 0.304 e. The molecule has 4 heteroatoms. The van der Waals surface area contributed by atoms with Crippen molar-refractivity contribution < 1.29 is 14.3 Å². The van der Waals surface area contributed by atoms with Crippen molar-refractivity contribution in [1.82, 2.24) is 0 Å². The van der Waals surface area contributed by atoms with E-state index >= 15 is 0 Å². The van der Waals surface area contributed by atoms with Crippen molar-refractivity contribution in [3.8, 4) is 17.6 Å². The van der Waals surface area contributed by atoms with Crippen molar-refractivity contribution in [3.63, 3.8) is 0 Å². The molecular weight excluding hydrogens is 260 g/mol. The van der Waals surface area contributed by atoms with Gasteiger partial charge in [-0.05, 0) is 45.0 Å². The van der Waals surface area contributed by atoms with Gasteiger partial charge in [-0.2, -0.15) is 0 Å². The van der Waals surface area contributed by atoms with Gasteiger partial charge in [-0.15, -0.1) is 5.92 Å². The number of thioether (sulfide) groups is 1. The Balaban J connectivity index is 2.60. The maximum atomic E-state index is 11.0. The Morgan fingerprint density at radius 2 is 1.95 bits per heavy atom. The van der Waals surface area contributed by atoms with Crippen LogP contribution < -0.4 is 4.74 Å². The fourth-order valence-corrected chi connectivity index (χ4v) is 2.45. The lowest BCUT2D eigenvalue weighted by Crippen LogP contribution is -2.22.